The minimum Gasteiger partial charge on any atom is -0.0876 e. The van der Waals surface area contributed by atoms with Crippen LogP contribution in [0.5, 0.6) is 0 Å². The Morgan fingerprint density at radius 3 is 2.38 bits per heavy atom. The zero-order chi connectivity index (χ0) is 11.4. The van der Waals surface area contributed by atoms with Gasteiger partial charge in [0, 0.05) is 10.4 Å². The van der Waals surface area contributed by atoms with Gasteiger partial charge >= 0.3 is 0 Å². The second-order valence-corrected chi connectivity index (χ2v) is 4.71. The van der Waals surface area contributed by atoms with Gasteiger partial charge < -0.3 is 0 Å². The molecule has 0 heterocycles. The summed E-state index contributed by atoms with van der Waals surface area (Å²) in [7, 11) is 0. The Morgan fingerprint density at radius 1 is 0.938 bits per heavy atom. The predicted octanol–water partition coefficient (Wildman–Crippen LogP) is 4.83. The van der Waals surface area contributed by atoms with Crippen LogP contribution in [0.3, 0.4) is 0 Å². The average molecular weight is 296 g/mol. The molecule has 0 saturated carbocycles. The maximum Gasteiger partial charge on any atom is 0.0409 e. The fourth-order valence-corrected chi connectivity index (χ4v) is 2.45. The molecule has 0 aromatic heterocycles. The van der Waals surface area contributed by atoms with Crippen molar-refractivity contribution in [1.82, 2.24) is 0 Å². The molecule has 2 rings (SSSR count). The van der Waals surface area contributed by atoms with Gasteiger partial charge in [-0.25, -0.2) is 0 Å². The van der Waals surface area contributed by atoms with E-state index in [0.717, 1.165) is 16.8 Å². The molecule has 0 aliphatic heterocycles. The van der Waals surface area contributed by atoms with Crippen LogP contribution in [0.25, 0.3) is 0 Å². The van der Waals surface area contributed by atoms with Crippen LogP contribution in [0.1, 0.15) is 16.7 Å². The molecule has 0 saturated heterocycles. The third kappa shape index (κ3) is 2.87. The lowest BCUT2D eigenvalue weighted by atomic mass is 10.0. The van der Waals surface area contributed by atoms with Crippen molar-refractivity contribution in [3.05, 3.63) is 70.2 Å². The molecular formula is C14H12BrCl. The molecule has 0 amide bonds. The molecule has 0 atom stereocenters. The van der Waals surface area contributed by atoms with Crippen molar-refractivity contribution < 1.29 is 0 Å². The van der Waals surface area contributed by atoms with Gasteiger partial charge in [0.05, 0.1) is 0 Å². The molecule has 0 N–H and O–H groups in total. The molecule has 0 unspecified atom stereocenters. The van der Waals surface area contributed by atoms with Gasteiger partial charge in [-0.15, -0.1) is 0 Å². The normalized spacial score (nSPS) is 10.4. The number of benzene rings is 2. The maximum atomic E-state index is 6.02. The van der Waals surface area contributed by atoms with Gasteiger partial charge in [0.2, 0.25) is 0 Å². The van der Waals surface area contributed by atoms with Crippen molar-refractivity contribution >= 4 is 27.5 Å². The van der Waals surface area contributed by atoms with Gasteiger partial charge in [0.1, 0.15) is 0 Å². The highest BCUT2D eigenvalue weighted by molar-refractivity contribution is 9.08. The average Bonchev–Trinajstić information content (AvgIpc) is 2.31. The van der Waals surface area contributed by atoms with Crippen molar-refractivity contribution in [2.24, 2.45) is 0 Å². The van der Waals surface area contributed by atoms with Crippen molar-refractivity contribution in [3.8, 4) is 0 Å². The highest BCUT2D eigenvalue weighted by atomic mass is 79.9. The highest BCUT2D eigenvalue weighted by Gasteiger charge is 2.03. The monoisotopic (exact) mass is 294 g/mol. The van der Waals surface area contributed by atoms with E-state index in [1.165, 1.54) is 16.7 Å². The minimum atomic E-state index is 0.802. The van der Waals surface area contributed by atoms with E-state index in [4.69, 9.17) is 11.6 Å². The third-order valence-corrected chi connectivity index (χ3v) is 3.39. The molecule has 16 heavy (non-hydrogen) atoms. The number of alkyl halides is 1. The first-order chi connectivity index (χ1) is 7.79. The standard InChI is InChI=1S/C14H12BrCl/c15-10-12-6-7-14(16)9-13(12)8-11-4-2-1-3-5-11/h1-7,9H,8,10H2. The van der Waals surface area contributed by atoms with E-state index in [2.05, 4.69) is 46.3 Å². The summed E-state index contributed by atoms with van der Waals surface area (Å²) in [5, 5.41) is 1.67. The zero-order valence-corrected chi connectivity index (χ0v) is 11.1. The molecule has 0 bridgehead atoms. The molecule has 82 valence electrons. The van der Waals surface area contributed by atoms with E-state index < -0.39 is 0 Å². The van der Waals surface area contributed by atoms with E-state index >= 15 is 0 Å². The fourth-order valence-electron chi connectivity index (χ4n) is 1.71. The lowest BCUT2D eigenvalue weighted by Crippen LogP contribution is -1.93. The molecule has 0 aliphatic rings. The van der Waals surface area contributed by atoms with Gasteiger partial charge in [0.15, 0.2) is 0 Å². The summed E-state index contributed by atoms with van der Waals surface area (Å²) < 4.78 is 0. The number of halogens is 2. The first-order valence-electron chi connectivity index (χ1n) is 5.17. The van der Waals surface area contributed by atoms with Gasteiger partial charge in [-0.3, -0.25) is 0 Å². The molecule has 2 aromatic rings. The smallest absolute Gasteiger partial charge is 0.0409 e. The maximum absolute atomic E-state index is 6.02. The zero-order valence-electron chi connectivity index (χ0n) is 8.79. The van der Waals surface area contributed by atoms with Crippen LogP contribution in [0.4, 0.5) is 0 Å². The SMILES string of the molecule is Clc1ccc(CBr)c(Cc2ccccc2)c1. The van der Waals surface area contributed by atoms with Crippen LogP contribution in [-0.4, -0.2) is 0 Å². The molecule has 2 aromatic carbocycles. The lowest BCUT2D eigenvalue weighted by Gasteiger charge is -2.08. The first kappa shape index (κ1) is 11.7. The van der Waals surface area contributed by atoms with Gasteiger partial charge in [-0.05, 0) is 35.2 Å². The second-order valence-electron chi connectivity index (χ2n) is 3.71. The first-order valence-corrected chi connectivity index (χ1v) is 6.67. The molecule has 0 radical (unpaired) electrons. The quantitative estimate of drug-likeness (QED) is 0.712. The Balaban J connectivity index is 2.30. The molecule has 0 fully saturated rings. The van der Waals surface area contributed by atoms with Crippen LogP contribution < -0.4 is 0 Å². The number of rotatable bonds is 3. The summed E-state index contributed by atoms with van der Waals surface area (Å²) in [6.07, 6.45) is 0.933. The van der Waals surface area contributed by atoms with Crippen molar-refractivity contribution in [2.75, 3.05) is 0 Å². The summed E-state index contributed by atoms with van der Waals surface area (Å²) in [5.74, 6) is 0. The Labute approximate surface area is 109 Å². The van der Waals surface area contributed by atoms with Crippen molar-refractivity contribution in [3.63, 3.8) is 0 Å². The Bertz CT molecular complexity index is 465. The molecule has 2 heteroatoms. The number of hydrogen-bond acceptors (Lipinski definition) is 0. The van der Waals surface area contributed by atoms with Crippen LogP contribution >= 0.6 is 27.5 Å². The van der Waals surface area contributed by atoms with Gasteiger partial charge in [0.25, 0.3) is 0 Å². The Hall–Kier alpha value is -0.790. The molecular weight excluding hydrogens is 284 g/mol. The Kier molecular flexibility index (Phi) is 4.03. The summed E-state index contributed by atoms with van der Waals surface area (Å²) in [5.41, 5.74) is 3.90. The predicted molar refractivity (Wildman–Crippen MR) is 73.3 cm³/mol. The van der Waals surface area contributed by atoms with E-state index in [9.17, 15) is 0 Å². The number of hydrogen-bond donors (Lipinski definition) is 0. The summed E-state index contributed by atoms with van der Waals surface area (Å²) >= 11 is 9.53. The van der Waals surface area contributed by atoms with E-state index in [1.54, 1.807) is 0 Å². The lowest BCUT2D eigenvalue weighted by molar-refractivity contribution is 1.15. The largest absolute Gasteiger partial charge is 0.0876 e. The summed E-state index contributed by atoms with van der Waals surface area (Å²) in [6, 6.07) is 16.5. The second kappa shape index (κ2) is 5.51. The van der Waals surface area contributed by atoms with Crippen molar-refractivity contribution in [1.29, 1.82) is 0 Å². The highest BCUT2D eigenvalue weighted by Crippen LogP contribution is 2.21. The van der Waals surface area contributed by atoms with Crippen LogP contribution in [-0.2, 0) is 11.8 Å². The molecule has 0 spiro atoms. The fraction of sp³-hybridized carbons (Fsp3) is 0.143. The Morgan fingerprint density at radius 2 is 1.69 bits per heavy atom. The summed E-state index contributed by atoms with van der Waals surface area (Å²) in [6.45, 7) is 0. The van der Waals surface area contributed by atoms with E-state index in [-0.39, 0.29) is 0 Å². The molecule has 0 aliphatic carbocycles. The van der Waals surface area contributed by atoms with Crippen LogP contribution in [0.2, 0.25) is 5.02 Å². The van der Waals surface area contributed by atoms with E-state index in [1.807, 2.05) is 18.2 Å². The topological polar surface area (TPSA) is 0 Å². The minimum absolute atomic E-state index is 0.802. The van der Waals surface area contributed by atoms with E-state index in [0.29, 0.717) is 0 Å². The van der Waals surface area contributed by atoms with Crippen LogP contribution in [0.15, 0.2) is 48.5 Å². The van der Waals surface area contributed by atoms with Gasteiger partial charge in [-0.1, -0.05) is 63.9 Å². The van der Waals surface area contributed by atoms with Crippen LogP contribution in [0, 0.1) is 0 Å². The summed E-state index contributed by atoms with van der Waals surface area (Å²) in [4.78, 5) is 0. The molecule has 0 nitrogen and oxygen atoms in total. The third-order valence-electron chi connectivity index (χ3n) is 2.55. The van der Waals surface area contributed by atoms with Crippen molar-refractivity contribution in [2.45, 2.75) is 11.8 Å². The van der Waals surface area contributed by atoms with Gasteiger partial charge in [-0.2, -0.15) is 0 Å².